The van der Waals surface area contributed by atoms with E-state index in [0.29, 0.717) is 0 Å². The molecule has 0 spiro atoms. The predicted molar refractivity (Wildman–Crippen MR) is 74.2 cm³/mol. The second-order valence-electron chi connectivity index (χ2n) is 5.09. The lowest BCUT2D eigenvalue weighted by Crippen LogP contribution is -2.32. The molecule has 1 aromatic heterocycles. The van der Waals surface area contributed by atoms with Crippen molar-refractivity contribution in [3.05, 3.63) is 23.9 Å². The standard InChI is InChI=1S/C14H20N4/c1-12-11-13(17-7-5-6-8-17)16-14(15-12)18-9-3-2-4-10-18/h5-6,11H,2-4,7-10H2,1H3. The third-order valence-electron chi connectivity index (χ3n) is 3.61. The molecule has 2 aliphatic rings. The number of hydrogen-bond donors (Lipinski definition) is 0. The molecule has 1 aromatic rings. The van der Waals surface area contributed by atoms with Gasteiger partial charge in [-0.15, -0.1) is 0 Å². The van der Waals surface area contributed by atoms with Crippen molar-refractivity contribution in [1.29, 1.82) is 0 Å². The van der Waals surface area contributed by atoms with Crippen molar-refractivity contribution >= 4 is 11.8 Å². The SMILES string of the molecule is Cc1cc(N2CC=CC2)nc(N2CCCCC2)n1. The Labute approximate surface area is 108 Å². The quantitative estimate of drug-likeness (QED) is 0.746. The van der Waals surface area contributed by atoms with Crippen LogP contribution in [0.1, 0.15) is 25.0 Å². The first-order chi connectivity index (χ1) is 8.83. The maximum atomic E-state index is 4.74. The second-order valence-corrected chi connectivity index (χ2v) is 5.09. The highest BCUT2D eigenvalue weighted by Gasteiger charge is 2.17. The van der Waals surface area contributed by atoms with E-state index in [2.05, 4.69) is 39.9 Å². The maximum Gasteiger partial charge on any atom is 0.227 e. The van der Waals surface area contributed by atoms with Gasteiger partial charge in [-0.3, -0.25) is 0 Å². The van der Waals surface area contributed by atoms with E-state index in [-0.39, 0.29) is 0 Å². The van der Waals surface area contributed by atoms with E-state index in [1.165, 1.54) is 19.3 Å². The van der Waals surface area contributed by atoms with Crippen molar-refractivity contribution in [2.24, 2.45) is 0 Å². The second kappa shape index (κ2) is 4.96. The summed E-state index contributed by atoms with van der Waals surface area (Å²) in [6, 6.07) is 2.08. The summed E-state index contributed by atoms with van der Waals surface area (Å²) < 4.78 is 0. The topological polar surface area (TPSA) is 32.3 Å². The minimum atomic E-state index is 0.914. The Hall–Kier alpha value is -1.58. The van der Waals surface area contributed by atoms with E-state index in [1.54, 1.807) is 0 Å². The van der Waals surface area contributed by atoms with E-state index in [9.17, 15) is 0 Å². The fourth-order valence-corrected chi connectivity index (χ4v) is 2.60. The Morgan fingerprint density at radius 1 is 0.944 bits per heavy atom. The number of aryl methyl sites for hydroxylation is 1. The minimum Gasteiger partial charge on any atom is -0.349 e. The largest absolute Gasteiger partial charge is 0.349 e. The van der Waals surface area contributed by atoms with E-state index >= 15 is 0 Å². The van der Waals surface area contributed by atoms with Gasteiger partial charge in [0, 0.05) is 37.9 Å². The maximum absolute atomic E-state index is 4.74. The van der Waals surface area contributed by atoms with Crippen LogP contribution in [0.4, 0.5) is 11.8 Å². The van der Waals surface area contributed by atoms with Crippen molar-refractivity contribution in [2.45, 2.75) is 26.2 Å². The summed E-state index contributed by atoms with van der Waals surface area (Å²) in [5.74, 6) is 1.98. The van der Waals surface area contributed by atoms with Gasteiger partial charge in [0.25, 0.3) is 0 Å². The van der Waals surface area contributed by atoms with Crippen molar-refractivity contribution in [2.75, 3.05) is 36.0 Å². The van der Waals surface area contributed by atoms with Crippen molar-refractivity contribution in [3.63, 3.8) is 0 Å². The number of piperidine rings is 1. The number of anilines is 2. The summed E-state index contributed by atoms with van der Waals surface area (Å²) >= 11 is 0. The van der Waals surface area contributed by atoms with E-state index in [4.69, 9.17) is 4.98 Å². The molecule has 0 bridgehead atoms. The van der Waals surface area contributed by atoms with Crippen LogP contribution in [0.5, 0.6) is 0 Å². The summed E-state index contributed by atoms with van der Waals surface area (Å²) in [5, 5.41) is 0. The molecule has 0 amide bonds. The van der Waals surface area contributed by atoms with E-state index in [1.807, 2.05) is 0 Å². The third-order valence-corrected chi connectivity index (χ3v) is 3.61. The van der Waals surface area contributed by atoms with Crippen molar-refractivity contribution in [1.82, 2.24) is 9.97 Å². The molecule has 0 saturated carbocycles. The summed E-state index contributed by atoms with van der Waals surface area (Å²) in [7, 11) is 0. The van der Waals surface area contributed by atoms with E-state index < -0.39 is 0 Å². The molecular formula is C14H20N4. The highest BCUT2D eigenvalue weighted by atomic mass is 15.3. The van der Waals surface area contributed by atoms with Crippen LogP contribution in [-0.2, 0) is 0 Å². The first-order valence-electron chi connectivity index (χ1n) is 6.83. The lowest BCUT2D eigenvalue weighted by atomic mass is 10.1. The van der Waals surface area contributed by atoms with Crippen LogP contribution in [0.25, 0.3) is 0 Å². The zero-order valence-corrected chi connectivity index (χ0v) is 11.0. The number of hydrogen-bond acceptors (Lipinski definition) is 4. The van der Waals surface area contributed by atoms with Crippen LogP contribution < -0.4 is 9.80 Å². The van der Waals surface area contributed by atoms with E-state index in [0.717, 1.165) is 43.6 Å². The zero-order chi connectivity index (χ0) is 12.4. The Bertz CT molecular complexity index is 441. The van der Waals surface area contributed by atoms with Crippen LogP contribution in [0, 0.1) is 6.92 Å². The first-order valence-corrected chi connectivity index (χ1v) is 6.83. The molecular weight excluding hydrogens is 224 g/mol. The first kappa shape index (κ1) is 11.5. The molecule has 0 radical (unpaired) electrons. The van der Waals surface area contributed by atoms with Gasteiger partial charge in [0.2, 0.25) is 5.95 Å². The molecule has 0 aliphatic carbocycles. The molecule has 0 N–H and O–H groups in total. The molecule has 1 saturated heterocycles. The molecule has 3 rings (SSSR count). The highest BCUT2D eigenvalue weighted by molar-refractivity contribution is 5.48. The zero-order valence-electron chi connectivity index (χ0n) is 11.0. The molecule has 4 heteroatoms. The average Bonchev–Trinajstić information content (AvgIpc) is 2.93. The Morgan fingerprint density at radius 2 is 1.67 bits per heavy atom. The molecule has 0 atom stereocenters. The Balaban J connectivity index is 1.85. The van der Waals surface area contributed by atoms with Crippen LogP contribution >= 0.6 is 0 Å². The number of aromatic nitrogens is 2. The lowest BCUT2D eigenvalue weighted by molar-refractivity contribution is 0.567. The van der Waals surface area contributed by atoms with Crippen LogP contribution in [0.3, 0.4) is 0 Å². The van der Waals surface area contributed by atoms with Crippen molar-refractivity contribution < 1.29 is 0 Å². The Kier molecular flexibility index (Phi) is 3.17. The van der Waals surface area contributed by atoms with Crippen LogP contribution in [-0.4, -0.2) is 36.1 Å². The molecule has 1 fully saturated rings. The van der Waals surface area contributed by atoms with Gasteiger partial charge >= 0.3 is 0 Å². The molecule has 2 aliphatic heterocycles. The molecule has 4 nitrogen and oxygen atoms in total. The van der Waals surface area contributed by atoms with Gasteiger partial charge in [-0.1, -0.05) is 12.2 Å². The smallest absolute Gasteiger partial charge is 0.227 e. The van der Waals surface area contributed by atoms with Crippen LogP contribution in [0.2, 0.25) is 0 Å². The van der Waals surface area contributed by atoms with Gasteiger partial charge in [0.05, 0.1) is 0 Å². The van der Waals surface area contributed by atoms with Gasteiger partial charge in [0.15, 0.2) is 0 Å². The minimum absolute atomic E-state index is 0.914. The summed E-state index contributed by atoms with van der Waals surface area (Å²) in [6.07, 6.45) is 8.25. The fraction of sp³-hybridized carbons (Fsp3) is 0.571. The number of nitrogens with zero attached hydrogens (tertiary/aromatic N) is 4. The van der Waals surface area contributed by atoms with Gasteiger partial charge in [-0.25, -0.2) is 4.98 Å². The van der Waals surface area contributed by atoms with Crippen LogP contribution in [0.15, 0.2) is 18.2 Å². The Morgan fingerprint density at radius 3 is 2.39 bits per heavy atom. The number of rotatable bonds is 2. The molecule has 18 heavy (non-hydrogen) atoms. The summed E-state index contributed by atoms with van der Waals surface area (Å²) in [6.45, 7) is 6.19. The third kappa shape index (κ3) is 2.33. The van der Waals surface area contributed by atoms with Crippen molar-refractivity contribution in [3.8, 4) is 0 Å². The van der Waals surface area contributed by atoms with Gasteiger partial charge in [0.1, 0.15) is 5.82 Å². The summed E-state index contributed by atoms with van der Waals surface area (Å²) in [4.78, 5) is 13.9. The average molecular weight is 244 g/mol. The normalized spacial score (nSPS) is 19.6. The van der Waals surface area contributed by atoms with Gasteiger partial charge in [-0.05, 0) is 26.2 Å². The lowest BCUT2D eigenvalue weighted by Gasteiger charge is -2.28. The molecule has 3 heterocycles. The predicted octanol–water partition coefficient (Wildman–Crippen LogP) is 2.15. The molecule has 0 aromatic carbocycles. The molecule has 96 valence electrons. The highest BCUT2D eigenvalue weighted by Crippen LogP contribution is 2.21. The summed E-state index contributed by atoms with van der Waals surface area (Å²) in [5.41, 5.74) is 1.06. The van der Waals surface area contributed by atoms with Gasteiger partial charge < -0.3 is 9.80 Å². The van der Waals surface area contributed by atoms with Gasteiger partial charge in [-0.2, -0.15) is 4.98 Å². The molecule has 0 unspecified atom stereocenters. The monoisotopic (exact) mass is 244 g/mol. The fourth-order valence-electron chi connectivity index (χ4n) is 2.60.